The average molecular weight is 446 g/mol. The van der Waals surface area contributed by atoms with E-state index in [1.54, 1.807) is 6.92 Å². The molecular weight excluding hydrogens is 400 g/mol. The van der Waals surface area contributed by atoms with Gasteiger partial charge in [-0.15, -0.1) is 0 Å². The van der Waals surface area contributed by atoms with Gasteiger partial charge in [-0.2, -0.15) is 0 Å². The molecule has 2 aliphatic rings. The Hall–Kier alpha value is -1.43. The number of anilines is 1. The Kier molecular flexibility index (Phi) is 7.15. The van der Waals surface area contributed by atoms with E-state index in [1.807, 2.05) is 26.8 Å². The number of hydrogen-bond donors (Lipinski definition) is 0. The summed E-state index contributed by atoms with van der Waals surface area (Å²) in [5.74, 6) is 0.612. The second kappa shape index (κ2) is 9.08. The van der Waals surface area contributed by atoms with Crippen LogP contribution >= 0.6 is 0 Å². The van der Waals surface area contributed by atoms with Crippen molar-refractivity contribution < 1.29 is 14.6 Å². The highest BCUT2D eigenvalue weighted by atomic mass is 16.6. The fourth-order valence-electron chi connectivity index (χ4n) is 6.05. The van der Waals surface area contributed by atoms with Gasteiger partial charge in [-0.1, -0.05) is 39.8 Å². The van der Waals surface area contributed by atoms with Gasteiger partial charge in [0, 0.05) is 37.4 Å². The van der Waals surface area contributed by atoms with Crippen LogP contribution in [-0.2, 0) is 4.74 Å². The predicted molar refractivity (Wildman–Crippen MR) is 133 cm³/mol. The highest BCUT2D eigenvalue weighted by Crippen LogP contribution is 2.53. The lowest BCUT2D eigenvalue weighted by Gasteiger charge is -2.46. The Morgan fingerprint density at radius 1 is 1.06 bits per heavy atom. The molecule has 0 bridgehead atoms. The summed E-state index contributed by atoms with van der Waals surface area (Å²) in [6.45, 7) is 20.5. The fourth-order valence-corrected chi connectivity index (χ4v) is 6.05. The molecule has 2 fully saturated rings. The third kappa shape index (κ3) is 6.33. The van der Waals surface area contributed by atoms with Crippen LogP contribution in [0.2, 0.25) is 0 Å². The number of piperazine rings is 1. The number of benzene rings is 1. The Morgan fingerprint density at radius 2 is 1.62 bits per heavy atom. The van der Waals surface area contributed by atoms with Crippen molar-refractivity contribution in [3.05, 3.63) is 29.3 Å². The Morgan fingerprint density at radius 3 is 2.12 bits per heavy atom. The fraction of sp³-hybridized carbons (Fsp3) is 0.741. The lowest BCUT2D eigenvalue weighted by atomic mass is 9.60. The molecular formula is C27H45N2O3+. The number of carbonyl (C=O) groups is 1. The minimum Gasteiger partial charge on any atom is -0.408 e. The predicted octanol–water partition coefficient (Wildman–Crippen LogP) is 5.15. The molecule has 1 heterocycles. The highest BCUT2D eigenvalue weighted by Gasteiger charge is 2.40. The van der Waals surface area contributed by atoms with Crippen molar-refractivity contribution in [1.82, 2.24) is 4.90 Å². The number of ether oxygens (including phenoxy) is 1. The van der Waals surface area contributed by atoms with Crippen molar-refractivity contribution in [1.29, 1.82) is 0 Å². The average Bonchev–Trinajstić information content (AvgIpc) is 2.64. The van der Waals surface area contributed by atoms with Crippen LogP contribution in [0.5, 0.6) is 0 Å². The van der Waals surface area contributed by atoms with Crippen LogP contribution in [0.4, 0.5) is 5.69 Å². The molecule has 1 saturated heterocycles. The van der Waals surface area contributed by atoms with Crippen LogP contribution in [0.1, 0.15) is 96.5 Å². The molecule has 1 saturated carbocycles. The second-order valence-corrected chi connectivity index (χ2v) is 12.5. The quantitative estimate of drug-likeness (QED) is 0.357. The third-order valence-corrected chi connectivity index (χ3v) is 6.88. The molecule has 1 unspecified atom stereocenters. The number of ketones is 1. The molecule has 5 nitrogen and oxygen atoms in total. The van der Waals surface area contributed by atoms with Crippen LogP contribution in [-0.4, -0.2) is 54.0 Å². The van der Waals surface area contributed by atoms with Crippen molar-refractivity contribution in [2.75, 3.05) is 31.1 Å². The van der Waals surface area contributed by atoms with E-state index in [2.05, 4.69) is 49.6 Å². The van der Waals surface area contributed by atoms with Gasteiger partial charge in [0.25, 0.3) is 0 Å². The largest absolute Gasteiger partial charge is 0.408 e. The number of hydrogen-bond acceptors (Lipinski definition) is 4. The van der Waals surface area contributed by atoms with Crippen LogP contribution in [0, 0.1) is 10.8 Å². The molecule has 1 aliphatic heterocycles. The van der Waals surface area contributed by atoms with Gasteiger partial charge in [0.1, 0.15) is 0 Å². The molecule has 0 amide bonds. The first-order valence-electron chi connectivity index (χ1n) is 12.2. The van der Waals surface area contributed by atoms with E-state index in [9.17, 15) is 4.79 Å². The molecule has 0 radical (unpaired) electrons. The van der Waals surface area contributed by atoms with Crippen LogP contribution < -0.4 is 4.90 Å². The summed E-state index contributed by atoms with van der Waals surface area (Å²) < 4.78 is 5.86. The van der Waals surface area contributed by atoms with E-state index >= 15 is 0 Å². The first-order valence-corrected chi connectivity index (χ1v) is 12.2. The van der Waals surface area contributed by atoms with E-state index in [0.717, 1.165) is 31.7 Å². The first kappa shape index (κ1) is 25.2. The summed E-state index contributed by atoms with van der Waals surface area (Å²) in [4.78, 5) is 16.7. The van der Waals surface area contributed by atoms with E-state index < -0.39 is 6.41 Å². The van der Waals surface area contributed by atoms with E-state index in [-0.39, 0.29) is 11.4 Å². The standard InChI is InChI=1S/C27H44N2O3/c1-19(30)20-9-10-22(21-16-26(5,6)18-27(7,8)17-21)23(15-20)28-11-13-29(14-12-28)24(31)32-25(2,3)4/h9-10,15,21,24,31H,11-14,16-18H2,1-8H3/p+1. The van der Waals surface area contributed by atoms with Gasteiger partial charge in [0.15, 0.2) is 5.78 Å². The van der Waals surface area contributed by atoms with Crippen molar-refractivity contribution in [3.8, 4) is 0 Å². The molecule has 3 rings (SSSR count). The Labute approximate surface area is 195 Å². The third-order valence-electron chi connectivity index (χ3n) is 6.88. The lowest BCUT2D eigenvalue weighted by molar-refractivity contribution is -0.239. The summed E-state index contributed by atoms with van der Waals surface area (Å²) in [5.41, 5.74) is 3.68. The van der Waals surface area contributed by atoms with E-state index in [4.69, 9.17) is 9.84 Å². The zero-order valence-electron chi connectivity index (χ0n) is 21.5. The maximum atomic E-state index is 12.2. The van der Waals surface area contributed by atoms with Gasteiger partial charge in [-0.25, -0.2) is 4.90 Å². The minimum atomic E-state index is -0.639. The van der Waals surface area contributed by atoms with E-state index in [0.29, 0.717) is 16.7 Å². The summed E-state index contributed by atoms with van der Waals surface area (Å²) >= 11 is 0. The van der Waals surface area contributed by atoms with Crippen LogP contribution in [0.3, 0.4) is 0 Å². The summed E-state index contributed by atoms with van der Waals surface area (Å²) in [5, 5.41) is 8.41. The van der Waals surface area contributed by atoms with Crippen LogP contribution in [0.25, 0.3) is 0 Å². The molecule has 32 heavy (non-hydrogen) atoms. The normalized spacial score (nSPS) is 23.2. The first-order chi connectivity index (χ1) is 14.7. The topological polar surface area (TPSA) is 55.7 Å². The maximum Gasteiger partial charge on any atom is 0.331 e. The lowest BCUT2D eigenvalue weighted by Crippen LogP contribution is -2.52. The Balaban J connectivity index is 1.84. The van der Waals surface area contributed by atoms with Crippen molar-refractivity contribution in [2.24, 2.45) is 10.8 Å². The monoisotopic (exact) mass is 445 g/mol. The summed E-state index contributed by atoms with van der Waals surface area (Å²) in [6.07, 6.45) is 2.96. The van der Waals surface area contributed by atoms with Crippen molar-refractivity contribution in [2.45, 2.75) is 92.6 Å². The highest BCUT2D eigenvalue weighted by molar-refractivity contribution is 5.95. The smallest absolute Gasteiger partial charge is 0.331 e. The van der Waals surface area contributed by atoms with Gasteiger partial charge in [-0.3, -0.25) is 9.53 Å². The van der Waals surface area contributed by atoms with Crippen LogP contribution in [0.15, 0.2) is 18.2 Å². The molecule has 5 heteroatoms. The van der Waals surface area contributed by atoms with Gasteiger partial charge in [0.2, 0.25) is 0 Å². The molecule has 1 aliphatic carbocycles. The van der Waals surface area contributed by atoms with Crippen molar-refractivity contribution >= 4 is 11.5 Å². The maximum absolute atomic E-state index is 12.2. The Bertz CT molecular complexity index is 801. The molecule has 180 valence electrons. The van der Waals surface area contributed by atoms with Crippen molar-refractivity contribution in [3.63, 3.8) is 0 Å². The van der Waals surface area contributed by atoms with Gasteiger partial charge in [0.05, 0.1) is 5.60 Å². The molecule has 1 atom stereocenters. The second-order valence-electron chi connectivity index (χ2n) is 12.5. The summed E-state index contributed by atoms with van der Waals surface area (Å²) in [7, 11) is 0. The summed E-state index contributed by atoms with van der Waals surface area (Å²) in [6, 6.07) is 6.35. The SMILES string of the molecule is CC(=O)c1ccc(C2CC(C)(C)CC(C)(C)C2)c(N2CCN(C([OH2+])OC(C)(C)C)CC2)c1. The number of nitrogens with zero attached hydrogens (tertiary/aromatic N) is 2. The van der Waals surface area contributed by atoms with Gasteiger partial charge in [-0.05, 0) is 75.3 Å². The molecule has 2 N–H and O–H groups in total. The number of carbonyl (C=O) groups excluding carboxylic acids is 1. The number of rotatable bonds is 5. The zero-order chi connectivity index (χ0) is 23.9. The molecule has 1 aromatic rings. The zero-order valence-corrected chi connectivity index (χ0v) is 21.5. The minimum absolute atomic E-state index is 0.116. The molecule has 1 aromatic carbocycles. The van der Waals surface area contributed by atoms with Gasteiger partial charge < -0.3 is 10.0 Å². The molecule has 0 spiro atoms. The van der Waals surface area contributed by atoms with Gasteiger partial charge >= 0.3 is 6.41 Å². The molecule has 0 aromatic heterocycles. The van der Waals surface area contributed by atoms with E-state index in [1.165, 1.54) is 30.5 Å². The number of Topliss-reactive ketones (excluding diaryl/α,β-unsaturated/α-hetero) is 1.